The van der Waals surface area contributed by atoms with Crippen LogP contribution in [0.25, 0.3) is 0 Å². The SMILES string of the molecule is COc1ccc([C@H](NC(=O)[C@@H](CCC(=O)OC(C)(C)C)NC(=O)c2cccc(Cl)c2)C(=O)N[C@H](C(=O)C(F)(F)F)C(C)C)cc1. The summed E-state index contributed by atoms with van der Waals surface area (Å²) in [7, 11) is 1.40. The smallest absolute Gasteiger partial charge is 0.452 e. The first kappa shape index (κ1) is 37.1. The van der Waals surface area contributed by atoms with Crippen molar-refractivity contribution in [3.63, 3.8) is 0 Å². The second-order valence-corrected chi connectivity index (χ2v) is 11.9. The van der Waals surface area contributed by atoms with E-state index in [1.165, 1.54) is 69.5 Å². The number of amides is 3. The Balaban J connectivity index is 2.44. The van der Waals surface area contributed by atoms with Crippen molar-refractivity contribution in [3.8, 4) is 5.75 Å². The highest BCUT2D eigenvalue weighted by Gasteiger charge is 2.45. The van der Waals surface area contributed by atoms with Crippen molar-refractivity contribution in [2.24, 2.45) is 5.92 Å². The van der Waals surface area contributed by atoms with Crippen LogP contribution in [0, 0.1) is 5.92 Å². The Hall–Kier alpha value is -4.13. The van der Waals surface area contributed by atoms with E-state index < -0.39 is 65.3 Å². The van der Waals surface area contributed by atoms with E-state index in [0.29, 0.717) is 5.75 Å². The van der Waals surface area contributed by atoms with Crippen LogP contribution in [-0.2, 0) is 23.9 Å². The average Bonchev–Trinajstić information content (AvgIpc) is 2.94. The fourth-order valence-corrected chi connectivity index (χ4v) is 4.27. The van der Waals surface area contributed by atoms with E-state index in [9.17, 15) is 37.1 Å². The number of esters is 1. The van der Waals surface area contributed by atoms with Gasteiger partial charge in [0.25, 0.3) is 11.7 Å². The molecule has 0 aromatic heterocycles. The first-order chi connectivity index (χ1) is 20.8. The maximum atomic E-state index is 13.6. The fraction of sp³-hybridized carbons (Fsp3) is 0.452. The number of methoxy groups -OCH3 is 1. The van der Waals surface area contributed by atoms with Gasteiger partial charge in [-0.2, -0.15) is 13.2 Å². The van der Waals surface area contributed by atoms with Crippen LogP contribution in [-0.4, -0.2) is 60.4 Å². The molecule has 2 aromatic carbocycles. The van der Waals surface area contributed by atoms with Crippen LogP contribution in [0.3, 0.4) is 0 Å². The van der Waals surface area contributed by atoms with Gasteiger partial charge < -0.3 is 25.4 Å². The number of hydrogen-bond acceptors (Lipinski definition) is 7. The zero-order chi connectivity index (χ0) is 34.1. The molecule has 0 unspecified atom stereocenters. The third-order valence-electron chi connectivity index (χ3n) is 6.29. The minimum atomic E-state index is -5.22. The van der Waals surface area contributed by atoms with Gasteiger partial charge in [-0.15, -0.1) is 0 Å². The van der Waals surface area contributed by atoms with Gasteiger partial charge in [0.15, 0.2) is 0 Å². The summed E-state index contributed by atoms with van der Waals surface area (Å²) in [6.07, 6.45) is -5.79. The lowest BCUT2D eigenvalue weighted by Crippen LogP contribution is -2.54. The van der Waals surface area contributed by atoms with Gasteiger partial charge in [0.05, 0.1) is 13.2 Å². The van der Waals surface area contributed by atoms with Gasteiger partial charge in [-0.3, -0.25) is 24.0 Å². The number of carbonyl (C=O) groups is 5. The monoisotopic (exact) mass is 655 g/mol. The van der Waals surface area contributed by atoms with Crippen LogP contribution in [0.15, 0.2) is 48.5 Å². The van der Waals surface area contributed by atoms with E-state index in [4.69, 9.17) is 21.1 Å². The predicted octanol–water partition coefficient (Wildman–Crippen LogP) is 4.70. The number of alkyl halides is 3. The van der Waals surface area contributed by atoms with Gasteiger partial charge >= 0.3 is 12.1 Å². The number of Topliss-reactive ketones (excluding diaryl/α,β-unsaturated/α-hetero) is 1. The van der Waals surface area contributed by atoms with Crippen molar-refractivity contribution in [1.82, 2.24) is 16.0 Å². The quantitative estimate of drug-likeness (QED) is 0.266. The van der Waals surface area contributed by atoms with Crippen molar-refractivity contribution in [2.75, 3.05) is 7.11 Å². The molecule has 0 aliphatic heterocycles. The maximum Gasteiger partial charge on any atom is 0.452 e. The number of ether oxygens (including phenoxy) is 2. The molecule has 3 amide bonds. The van der Waals surface area contributed by atoms with E-state index >= 15 is 0 Å². The van der Waals surface area contributed by atoms with E-state index in [2.05, 4.69) is 16.0 Å². The minimum absolute atomic E-state index is 0.104. The standard InChI is InChI=1S/C31H37ClF3N3O7/c1-17(2)24(26(40)31(33,34)35)37-29(43)25(18-10-12-21(44-6)13-11-18)38-28(42)22(14-15-23(39)45-30(3,4)5)36-27(41)19-8-7-9-20(32)16-19/h7-13,16-17,22,24-25H,14-15H2,1-6H3,(H,36,41)(H,37,43)(H,38,42)/t22-,24+,25+/m1/s1. The molecule has 0 saturated heterocycles. The summed E-state index contributed by atoms with van der Waals surface area (Å²) < 4.78 is 50.3. The molecule has 3 N–H and O–H groups in total. The van der Waals surface area contributed by atoms with Gasteiger partial charge in [-0.1, -0.05) is 43.6 Å². The van der Waals surface area contributed by atoms with Crippen molar-refractivity contribution < 1.29 is 46.6 Å². The van der Waals surface area contributed by atoms with Crippen molar-refractivity contribution in [1.29, 1.82) is 0 Å². The third kappa shape index (κ3) is 11.7. The lowest BCUT2D eigenvalue weighted by Gasteiger charge is -2.27. The van der Waals surface area contributed by atoms with Crippen LogP contribution in [0.5, 0.6) is 5.75 Å². The molecule has 14 heteroatoms. The minimum Gasteiger partial charge on any atom is -0.497 e. The summed E-state index contributed by atoms with van der Waals surface area (Å²) in [5.41, 5.74) is -0.583. The van der Waals surface area contributed by atoms with Crippen molar-refractivity contribution in [2.45, 2.75) is 77.4 Å². The summed E-state index contributed by atoms with van der Waals surface area (Å²) in [4.78, 5) is 64.7. The zero-order valence-electron chi connectivity index (χ0n) is 25.7. The summed E-state index contributed by atoms with van der Waals surface area (Å²) in [6.45, 7) is 7.62. The van der Waals surface area contributed by atoms with E-state index in [1.54, 1.807) is 20.8 Å². The Morgan fingerprint density at radius 2 is 1.51 bits per heavy atom. The second-order valence-electron chi connectivity index (χ2n) is 11.5. The highest BCUT2D eigenvalue weighted by atomic mass is 35.5. The molecule has 0 spiro atoms. The molecule has 2 aromatic rings. The number of hydrogen-bond donors (Lipinski definition) is 3. The Kier molecular flexibility index (Phi) is 13.0. The topological polar surface area (TPSA) is 140 Å². The maximum absolute atomic E-state index is 13.6. The number of carbonyl (C=O) groups excluding carboxylic acids is 5. The molecule has 0 fully saturated rings. The molecule has 0 aliphatic rings. The normalized spacial score (nSPS) is 13.7. The molecule has 2 rings (SSSR count). The second kappa shape index (κ2) is 15.7. The predicted molar refractivity (Wildman–Crippen MR) is 159 cm³/mol. The number of halogens is 4. The molecule has 3 atom stereocenters. The number of benzene rings is 2. The van der Waals surface area contributed by atoms with Crippen molar-refractivity contribution in [3.05, 3.63) is 64.7 Å². The Bertz CT molecular complexity index is 1380. The molecule has 10 nitrogen and oxygen atoms in total. The molecule has 0 heterocycles. The Morgan fingerprint density at radius 1 is 0.889 bits per heavy atom. The molecular formula is C31H37ClF3N3O7. The van der Waals surface area contributed by atoms with Gasteiger partial charge in [0.2, 0.25) is 11.8 Å². The summed E-state index contributed by atoms with van der Waals surface area (Å²) in [5, 5.41) is 7.34. The molecule has 246 valence electrons. The number of ketones is 1. The molecule has 45 heavy (non-hydrogen) atoms. The molecular weight excluding hydrogens is 619 g/mol. The van der Waals surface area contributed by atoms with Crippen LogP contribution < -0.4 is 20.7 Å². The Labute approximate surface area is 264 Å². The molecule has 0 bridgehead atoms. The molecule has 0 radical (unpaired) electrons. The number of rotatable bonds is 13. The van der Waals surface area contributed by atoms with Gasteiger partial charge in [0, 0.05) is 17.0 Å². The first-order valence-electron chi connectivity index (χ1n) is 14.0. The van der Waals surface area contributed by atoms with Gasteiger partial charge in [-0.05, 0) is 69.0 Å². The summed E-state index contributed by atoms with van der Waals surface area (Å²) in [6, 6.07) is 6.63. The van der Waals surface area contributed by atoms with E-state index in [0.717, 1.165) is 0 Å². The zero-order valence-corrected chi connectivity index (χ0v) is 26.5. The first-order valence-corrected chi connectivity index (χ1v) is 14.3. The van der Waals surface area contributed by atoms with Crippen LogP contribution in [0.1, 0.15) is 69.4 Å². The summed E-state index contributed by atoms with van der Waals surface area (Å²) >= 11 is 5.99. The number of nitrogens with one attached hydrogen (secondary N) is 3. The van der Waals surface area contributed by atoms with Crippen LogP contribution in [0.4, 0.5) is 13.2 Å². The Morgan fingerprint density at radius 3 is 2.02 bits per heavy atom. The average molecular weight is 656 g/mol. The lowest BCUT2D eigenvalue weighted by molar-refractivity contribution is -0.175. The molecule has 0 saturated carbocycles. The summed E-state index contributed by atoms with van der Waals surface area (Å²) in [5.74, 6) is -6.15. The van der Waals surface area contributed by atoms with Crippen LogP contribution >= 0.6 is 11.6 Å². The molecule has 0 aliphatic carbocycles. The van der Waals surface area contributed by atoms with Crippen LogP contribution in [0.2, 0.25) is 5.02 Å². The van der Waals surface area contributed by atoms with E-state index in [1.807, 2.05) is 0 Å². The lowest BCUT2D eigenvalue weighted by atomic mass is 9.97. The highest BCUT2D eigenvalue weighted by Crippen LogP contribution is 2.24. The van der Waals surface area contributed by atoms with Gasteiger partial charge in [-0.25, -0.2) is 0 Å². The highest BCUT2D eigenvalue weighted by molar-refractivity contribution is 6.31. The van der Waals surface area contributed by atoms with Crippen molar-refractivity contribution >= 4 is 41.1 Å². The van der Waals surface area contributed by atoms with Gasteiger partial charge in [0.1, 0.15) is 23.4 Å². The fourth-order valence-electron chi connectivity index (χ4n) is 4.08. The van der Waals surface area contributed by atoms with E-state index in [-0.39, 0.29) is 29.0 Å². The third-order valence-corrected chi connectivity index (χ3v) is 6.53. The largest absolute Gasteiger partial charge is 0.497 e.